The van der Waals surface area contributed by atoms with E-state index in [1.165, 1.54) is 4.80 Å². The Labute approximate surface area is 149 Å². The standard InChI is InChI=1S/C19H16N6O/c1-12-6-5-7-13(2)17(12)25-23-18(22-24-25)19(26)21-16-11-10-14-8-3-4-9-15(14)20-16/h3-11H,1-2H3,(H,20,21,26). The van der Waals surface area contributed by atoms with Gasteiger partial charge in [0.2, 0.25) is 0 Å². The first-order valence-electron chi connectivity index (χ1n) is 8.15. The number of amides is 1. The van der Waals surface area contributed by atoms with Crippen molar-refractivity contribution in [2.24, 2.45) is 0 Å². The molecular weight excluding hydrogens is 328 g/mol. The average Bonchev–Trinajstić information content (AvgIpc) is 3.11. The first kappa shape index (κ1) is 15.9. The van der Waals surface area contributed by atoms with E-state index in [0.717, 1.165) is 27.7 Å². The van der Waals surface area contributed by atoms with Crippen molar-refractivity contribution in [1.82, 2.24) is 25.2 Å². The molecule has 0 aliphatic carbocycles. The lowest BCUT2D eigenvalue weighted by molar-refractivity contribution is 0.101. The molecule has 0 saturated heterocycles. The largest absolute Gasteiger partial charge is 0.304 e. The molecular formula is C19H16N6O. The lowest BCUT2D eigenvalue weighted by Crippen LogP contribution is -2.15. The summed E-state index contributed by atoms with van der Waals surface area (Å²) in [4.78, 5) is 18.2. The number of aryl methyl sites for hydroxylation is 2. The van der Waals surface area contributed by atoms with Crippen LogP contribution >= 0.6 is 0 Å². The lowest BCUT2D eigenvalue weighted by atomic mass is 10.1. The molecule has 0 atom stereocenters. The van der Waals surface area contributed by atoms with Crippen LogP contribution in [-0.4, -0.2) is 31.1 Å². The maximum absolute atomic E-state index is 12.4. The molecule has 0 aliphatic rings. The molecule has 1 N–H and O–H groups in total. The summed E-state index contributed by atoms with van der Waals surface area (Å²) in [6, 6.07) is 17.2. The molecule has 2 aromatic heterocycles. The number of para-hydroxylation sites is 2. The molecule has 0 bridgehead atoms. The number of hydrogen-bond donors (Lipinski definition) is 1. The van der Waals surface area contributed by atoms with Crippen LogP contribution in [0.4, 0.5) is 5.82 Å². The number of fused-ring (bicyclic) bond motifs is 1. The highest BCUT2D eigenvalue weighted by atomic mass is 16.2. The van der Waals surface area contributed by atoms with Crippen molar-refractivity contribution in [2.45, 2.75) is 13.8 Å². The van der Waals surface area contributed by atoms with Gasteiger partial charge in [-0.1, -0.05) is 36.4 Å². The highest BCUT2D eigenvalue weighted by Gasteiger charge is 2.16. The highest BCUT2D eigenvalue weighted by Crippen LogP contribution is 2.17. The van der Waals surface area contributed by atoms with Crippen LogP contribution in [0.15, 0.2) is 54.6 Å². The summed E-state index contributed by atoms with van der Waals surface area (Å²) in [5.74, 6) is -0.0231. The summed E-state index contributed by atoms with van der Waals surface area (Å²) in [7, 11) is 0. The van der Waals surface area contributed by atoms with Crippen LogP contribution in [0, 0.1) is 13.8 Å². The smallest absolute Gasteiger partial charge is 0.298 e. The van der Waals surface area contributed by atoms with Gasteiger partial charge >= 0.3 is 0 Å². The predicted molar refractivity (Wildman–Crippen MR) is 98.3 cm³/mol. The maximum Gasteiger partial charge on any atom is 0.298 e. The molecule has 1 amide bonds. The number of carbonyl (C=O) groups is 1. The van der Waals surface area contributed by atoms with E-state index in [1.807, 2.05) is 62.4 Å². The van der Waals surface area contributed by atoms with Gasteiger partial charge in [-0.2, -0.15) is 0 Å². The van der Waals surface area contributed by atoms with Crippen molar-refractivity contribution < 1.29 is 4.79 Å². The summed E-state index contributed by atoms with van der Waals surface area (Å²) in [5.41, 5.74) is 3.64. The minimum absolute atomic E-state index is 0.0115. The molecule has 0 aliphatic heterocycles. The fraction of sp³-hybridized carbons (Fsp3) is 0.105. The topological polar surface area (TPSA) is 85.6 Å². The Balaban J connectivity index is 1.60. The van der Waals surface area contributed by atoms with E-state index in [4.69, 9.17) is 0 Å². The zero-order chi connectivity index (χ0) is 18.1. The Kier molecular flexibility index (Phi) is 3.89. The number of nitrogens with zero attached hydrogens (tertiary/aromatic N) is 5. The van der Waals surface area contributed by atoms with Crippen molar-refractivity contribution in [3.05, 3.63) is 71.5 Å². The average molecular weight is 344 g/mol. The molecule has 0 spiro atoms. The Hall–Kier alpha value is -3.61. The van der Waals surface area contributed by atoms with E-state index in [2.05, 4.69) is 25.7 Å². The molecule has 128 valence electrons. The monoisotopic (exact) mass is 344 g/mol. The Morgan fingerprint density at radius 3 is 2.54 bits per heavy atom. The lowest BCUT2D eigenvalue weighted by Gasteiger charge is -2.06. The van der Waals surface area contributed by atoms with Crippen LogP contribution in [0.5, 0.6) is 0 Å². The quantitative estimate of drug-likeness (QED) is 0.617. The fourth-order valence-corrected chi connectivity index (χ4v) is 2.83. The fourth-order valence-electron chi connectivity index (χ4n) is 2.83. The van der Waals surface area contributed by atoms with Crippen LogP contribution in [0.2, 0.25) is 0 Å². The van der Waals surface area contributed by atoms with E-state index in [9.17, 15) is 4.79 Å². The van der Waals surface area contributed by atoms with Crippen molar-refractivity contribution in [3.63, 3.8) is 0 Å². The zero-order valence-corrected chi connectivity index (χ0v) is 14.3. The third kappa shape index (κ3) is 2.90. The van der Waals surface area contributed by atoms with E-state index in [-0.39, 0.29) is 5.82 Å². The summed E-state index contributed by atoms with van der Waals surface area (Å²) >= 11 is 0. The first-order valence-corrected chi connectivity index (χ1v) is 8.15. The minimum atomic E-state index is -0.453. The zero-order valence-electron chi connectivity index (χ0n) is 14.3. The summed E-state index contributed by atoms with van der Waals surface area (Å²) in [5, 5.41) is 15.8. The number of hydrogen-bond acceptors (Lipinski definition) is 5. The minimum Gasteiger partial charge on any atom is -0.304 e. The number of rotatable bonds is 3. The predicted octanol–water partition coefficient (Wildman–Crippen LogP) is 3.08. The summed E-state index contributed by atoms with van der Waals surface area (Å²) in [6.45, 7) is 3.93. The third-order valence-electron chi connectivity index (χ3n) is 4.10. The molecule has 0 radical (unpaired) electrons. The van der Waals surface area contributed by atoms with Gasteiger partial charge in [-0.05, 0) is 48.4 Å². The molecule has 7 nitrogen and oxygen atoms in total. The number of aromatic nitrogens is 5. The molecule has 7 heteroatoms. The molecule has 0 saturated carbocycles. The SMILES string of the molecule is Cc1cccc(C)c1-n1nnc(C(=O)Nc2ccc3ccccc3n2)n1. The normalized spacial score (nSPS) is 10.8. The van der Waals surface area contributed by atoms with Gasteiger partial charge in [0, 0.05) is 5.39 Å². The van der Waals surface area contributed by atoms with E-state index in [1.54, 1.807) is 6.07 Å². The molecule has 0 unspecified atom stereocenters. The second-order valence-corrected chi connectivity index (χ2v) is 5.99. The van der Waals surface area contributed by atoms with Gasteiger partial charge in [0.15, 0.2) is 0 Å². The first-order chi connectivity index (χ1) is 12.6. The summed E-state index contributed by atoms with van der Waals surface area (Å²) < 4.78 is 0. The van der Waals surface area contributed by atoms with Crippen molar-refractivity contribution in [1.29, 1.82) is 0 Å². The van der Waals surface area contributed by atoms with Crippen molar-refractivity contribution >= 4 is 22.6 Å². The molecule has 4 aromatic rings. The van der Waals surface area contributed by atoms with Gasteiger partial charge in [0.25, 0.3) is 11.7 Å². The highest BCUT2D eigenvalue weighted by molar-refractivity contribution is 6.01. The number of anilines is 1. The molecule has 2 aromatic carbocycles. The summed E-state index contributed by atoms with van der Waals surface area (Å²) in [6.07, 6.45) is 0. The van der Waals surface area contributed by atoms with E-state index in [0.29, 0.717) is 5.82 Å². The van der Waals surface area contributed by atoms with Gasteiger partial charge < -0.3 is 5.32 Å². The van der Waals surface area contributed by atoms with Crippen molar-refractivity contribution in [3.8, 4) is 5.69 Å². The Morgan fingerprint density at radius 2 is 1.73 bits per heavy atom. The van der Waals surface area contributed by atoms with Gasteiger partial charge in [-0.15, -0.1) is 15.0 Å². The number of tetrazole rings is 1. The number of carbonyl (C=O) groups excluding carboxylic acids is 1. The number of benzene rings is 2. The molecule has 4 rings (SSSR count). The van der Waals surface area contributed by atoms with Crippen LogP contribution in [0.25, 0.3) is 16.6 Å². The second kappa shape index (κ2) is 6.36. The van der Waals surface area contributed by atoms with Crippen LogP contribution in [0.1, 0.15) is 21.7 Å². The molecule has 26 heavy (non-hydrogen) atoms. The number of nitrogens with one attached hydrogen (secondary N) is 1. The van der Waals surface area contributed by atoms with E-state index < -0.39 is 5.91 Å². The molecule has 2 heterocycles. The van der Waals surface area contributed by atoms with E-state index >= 15 is 0 Å². The Bertz CT molecular complexity index is 1100. The number of pyridine rings is 1. The van der Waals surface area contributed by atoms with Gasteiger partial charge in [0.1, 0.15) is 5.82 Å². The maximum atomic E-state index is 12.4. The van der Waals surface area contributed by atoms with Crippen molar-refractivity contribution in [2.75, 3.05) is 5.32 Å². The van der Waals surface area contributed by atoms with Crippen LogP contribution in [-0.2, 0) is 0 Å². The Morgan fingerprint density at radius 1 is 0.962 bits per heavy atom. The third-order valence-corrected chi connectivity index (χ3v) is 4.10. The van der Waals surface area contributed by atoms with Gasteiger partial charge in [0.05, 0.1) is 11.2 Å². The van der Waals surface area contributed by atoms with Crippen LogP contribution in [0.3, 0.4) is 0 Å². The van der Waals surface area contributed by atoms with Gasteiger partial charge in [-0.3, -0.25) is 4.79 Å². The van der Waals surface area contributed by atoms with Crippen LogP contribution < -0.4 is 5.32 Å². The molecule has 0 fully saturated rings. The van der Waals surface area contributed by atoms with Gasteiger partial charge in [-0.25, -0.2) is 4.98 Å². The second-order valence-electron chi connectivity index (χ2n) is 5.99.